The van der Waals surface area contributed by atoms with Crippen molar-refractivity contribution in [2.45, 2.75) is 45.1 Å². The van der Waals surface area contributed by atoms with Crippen molar-refractivity contribution in [2.75, 3.05) is 18.0 Å². The lowest BCUT2D eigenvalue weighted by molar-refractivity contribution is 0.0635. The highest BCUT2D eigenvalue weighted by molar-refractivity contribution is 5.95. The molecule has 0 unspecified atom stereocenters. The van der Waals surface area contributed by atoms with Crippen LogP contribution in [0.25, 0.3) is 5.65 Å². The van der Waals surface area contributed by atoms with Crippen LogP contribution in [0.1, 0.15) is 48.5 Å². The first-order chi connectivity index (χ1) is 14.5. The van der Waals surface area contributed by atoms with Crippen LogP contribution in [-0.2, 0) is 13.5 Å². The minimum atomic E-state index is -0.163. The summed E-state index contributed by atoms with van der Waals surface area (Å²) in [6.07, 6.45) is 8.68. The Labute approximate surface area is 174 Å². The standard InChI is InChI=1S/C22H26N6O2/c1-15-6-3-4-9-26(15)21(29)17-12-16-7-5-10-27(20(16)23-14-17)18-8-11-28-19(13-18)24-25(2)22(28)30/h8,11-15H,3-7,9-10H2,1-2H3/t15-/m1/s1. The Morgan fingerprint density at radius 1 is 1.17 bits per heavy atom. The zero-order chi connectivity index (χ0) is 20.8. The van der Waals surface area contributed by atoms with Crippen molar-refractivity contribution in [2.24, 2.45) is 7.05 Å². The molecule has 0 spiro atoms. The average Bonchev–Trinajstić information content (AvgIpc) is 3.05. The van der Waals surface area contributed by atoms with Crippen molar-refractivity contribution in [1.29, 1.82) is 0 Å². The fourth-order valence-corrected chi connectivity index (χ4v) is 4.63. The van der Waals surface area contributed by atoms with Gasteiger partial charge in [0.15, 0.2) is 5.65 Å². The number of aromatic nitrogens is 4. The Bertz CT molecular complexity index is 1180. The molecule has 1 saturated heterocycles. The molecule has 5 heterocycles. The maximum Gasteiger partial charge on any atom is 0.350 e. The molecule has 0 aliphatic carbocycles. The van der Waals surface area contributed by atoms with Gasteiger partial charge in [-0.05, 0) is 56.7 Å². The number of anilines is 2. The van der Waals surface area contributed by atoms with Gasteiger partial charge in [-0.2, -0.15) is 5.10 Å². The first-order valence-electron chi connectivity index (χ1n) is 10.7. The van der Waals surface area contributed by atoms with Crippen molar-refractivity contribution in [3.8, 4) is 0 Å². The fourth-order valence-electron chi connectivity index (χ4n) is 4.63. The van der Waals surface area contributed by atoms with Crippen LogP contribution in [0, 0.1) is 0 Å². The van der Waals surface area contributed by atoms with Crippen LogP contribution in [0.2, 0.25) is 0 Å². The van der Waals surface area contributed by atoms with Crippen LogP contribution in [0.15, 0.2) is 35.4 Å². The van der Waals surface area contributed by atoms with Gasteiger partial charge in [0, 0.05) is 50.3 Å². The minimum absolute atomic E-state index is 0.0869. The molecule has 156 valence electrons. The van der Waals surface area contributed by atoms with Gasteiger partial charge in [0.05, 0.1) is 5.56 Å². The summed E-state index contributed by atoms with van der Waals surface area (Å²) in [5.74, 6) is 0.969. The summed E-state index contributed by atoms with van der Waals surface area (Å²) < 4.78 is 2.87. The number of pyridine rings is 2. The Hall–Kier alpha value is -3.16. The van der Waals surface area contributed by atoms with E-state index >= 15 is 0 Å². The van der Waals surface area contributed by atoms with E-state index in [2.05, 4.69) is 16.9 Å². The van der Waals surface area contributed by atoms with E-state index in [0.717, 1.165) is 55.8 Å². The molecule has 8 nitrogen and oxygen atoms in total. The molecule has 0 saturated carbocycles. The van der Waals surface area contributed by atoms with E-state index in [9.17, 15) is 9.59 Å². The molecule has 1 atom stereocenters. The van der Waals surface area contributed by atoms with E-state index in [-0.39, 0.29) is 17.6 Å². The summed E-state index contributed by atoms with van der Waals surface area (Å²) in [5.41, 5.74) is 3.17. The molecule has 3 aromatic rings. The van der Waals surface area contributed by atoms with Crippen molar-refractivity contribution in [3.05, 3.63) is 52.2 Å². The van der Waals surface area contributed by atoms with Gasteiger partial charge < -0.3 is 9.80 Å². The summed E-state index contributed by atoms with van der Waals surface area (Å²) in [6.45, 7) is 3.79. The minimum Gasteiger partial charge on any atom is -0.336 e. The molecule has 1 amide bonds. The van der Waals surface area contributed by atoms with Gasteiger partial charge in [0.2, 0.25) is 0 Å². The number of carbonyl (C=O) groups is 1. The SMILES string of the molecule is C[C@@H]1CCCCN1C(=O)c1cnc2c(c1)CCCN2c1ccn2c(=O)n(C)nc2c1. The molecular formula is C22H26N6O2. The number of likely N-dealkylation sites (tertiary alicyclic amines) is 1. The number of rotatable bonds is 2. The van der Waals surface area contributed by atoms with E-state index in [1.54, 1.807) is 19.4 Å². The van der Waals surface area contributed by atoms with Gasteiger partial charge in [-0.25, -0.2) is 14.5 Å². The number of hydrogen-bond donors (Lipinski definition) is 0. The van der Waals surface area contributed by atoms with Gasteiger partial charge in [0.1, 0.15) is 5.82 Å². The van der Waals surface area contributed by atoms with Gasteiger partial charge in [-0.3, -0.25) is 9.20 Å². The van der Waals surface area contributed by atoms with Crippen molar-refractivity contribution in [1.82, 2.24) is 24.1 Å². The molecule has 2 aliphatic rings. The van der Waals surface area contributed by atoms with E-state index < -0.39 is 0 Å². The van der Waals surface area contributed by atoms with E-state index in [1.807, 2.05) is 23.1 Å². The fraction of sp³-hybridized carbons (Fsp3) is 0.455. The number of aryl methyl sites for hydroxylation is 2. The third kappa shape index (κ3) is 3.07. The van der Waals surface area contributed by atoms with Crippen molar-refractivity contribution < 1.29 is 4.79 Å². The van der Waals surface area contributed by atoms with Crippen LogP contribution in [0.3, 0.4) is 0 Å². The number of hydrogen-bond acceptors (Lipinski definition) is 5. The maximum atomic E-state index is 13.1. The third-order valence-corrected chi connectivity index (χ3v) is 6.30. The molecule has 3 aromatic heterocycles. The van der Waals surface area contributed by atoms with E-state index in [1.165, 1.54) is 15.5 Å². The Balaban J connectivity index is 1.48. The largest absolute Gasteiger partial charge is 0.350 e. The molecule has 0 aromatic carbocycles. The topological polar surface area (TPSA) is 75.7 Å². The second kappa shape index (κ2) is 7.27. The molecular weight excluding hydrogens is 380 g/mol. The zero-order valence-electron chi connectivity index (χ0n) is 17.4. The smallest absolute Gasteiger partial charge is 0.336 e. The highest BCUT2D eigenvalue weighted by Crippen LogP contribution is 2.33. The van der Waals surface area contributed by atoms with Gasteiger partial charge in [-0.15, -0.1) is 0 Å². The van der Waals surface area contributed by atoms with Crippen LogP contribution in [-0.4, -0.2) is 49.1 Å². The summed E-state index contributed by atoms with van der Waals surface area (Å²) in [5, 5.41) is 4.29. The highest BCUT2D eigenvalue weighted by Gasteiger charge is 2.27. The van der Waals surface area contributed by atoms with Gasteiger partial charge in [-0.1, -0.05) is 0 Å². The van der Waals surface area contributed by atoms with Gasteiger partial charge >= 0.3 is 5.69 Å². The molecule has 5 rings (SSSR count). The highest BCUT2D eigenvalue weighted by atomic mass is 16.2. The molecule has 0 bridgehead atoms. The predicted molar refractivity (Wildman–Crippen MR) is 114 cm³/mol. The van der Waals surface area contributed by atoms with Gasteiger partial charge in [0.25, 0.3) is 5.91 Å². The number of nitrogens with zero attached hydrogens (tertiary/aromatic N) is 6. The number of fused-ring (bicyclic) bond motifs is 2. The summed E-state index contributed by atoms with van der Waals surface area (Å²) in [6, 6.07) is 6.13. The third-order valence-electron chi connectivity index (χ3n) is 6.30. The molecule has 8 heteroatoms. The van der Waals surface area contributed by atoms with Crippen LogP contribution >= 0.6 is 0 Å². The lowest BCUT2D eigenvalue weighted by Crippen LogP contribution is -2.42. The Morgan fingerprint density at radius 3 is 2.87 bits per heavy atom. The summed E-state index contributed by atoms with van der Waals surface area (Å²) >= 11 is 0. The summed E-state index contributed by atoms with van der Waals surface area (Å²) in [4.78, 5) is 34.0. The molecule has 0 radical (unpaired) electrons. The Kier molecular flexibility index (Phi) is 4.56. The lowest BCUT2D eigenvalue weighted by Gasteiger charge is -2.34. The number of carbonyl (C=O) groups excluding carboxylic acids is 1. The maximum absolute atomic E-state index is 13.1. The molecule has 30 heavy (non-hydrogen) atoms. The Morgan fingerprint density at radius 2 is 2.03 bits per heavy atom. The quantitative estimate of drug-likeness (QED) is 0.654. The van der Waals surface area contributed by atoms with E-state index in [4.69, 9.17) is 4.98 Å². The van der Waals surface area contributed by atoms with Crippen molar-refractivity contribution >= 4 is 23.1 Å². The molecule has 2 aliphatic heterocycles. The van der Waals surface area contributed by atoms with Crippen LogP contribution in [0.5, 0.6) is 0 Å². The second-order valence-corrected chi connectivity index (χ2v) is 8.32. The first kappa shape index (κ1) is 18.8. The normalized spacial score (nSPS) is 19.2. The van der Waals surface area contributed by atoms with E-state index in [0.29, 0.717) is 11.2 Å². The van der Waals surface area contributed by atoms with Crippen molar-refractivity contribution in [3.63, 3.8) is 0 Å². The summed E-state index contributed by atoms with van der Waals surface area (Å²) in [7, 11) is 1.65. The van der Waals surface area contributed by atoms with Crippen LogP contribution < -0.4 is 10.6 Å². The zero-order valence-corrected chi connectivity index (χ0v) is 17.4. The first-order valence-corrected chi connectivity index (χ1v) is 10.7. The monoisotopic (exact) mass is 406 g/mol. The molecule has 1 fully saturated rings. The average molecular weight is 406 g/mol. The second-order valence-electron chi connectivity index (χ2n) is 8.32. The predicted octanol–water partition coefficient (Wildman–Crippen LogP) is 2.53. The lowest BCUT2D eigenvalue weighted by atomic mass is 10.0. The van der Waals surface area contributed by atoms with Crippen LogP contribution in [0.4, 0.5) is 11.5 Å². The number of amides is 1. The number of piperidine rings is 1. The molecule has 0 N–H and O–H groups in total.